The van der Waals surface area contributed by atoms with Gasteiger partial charge >= 0.3 is 0 Å². The van der Waals surface area contributed by atoms with Crippen LogP contribution in [0.4, 0.5) is 0 Å². The zero-order valence-electron chi connectivity index (χ0n) is 47.3. The molecule has 8 unspecified atom stereocenters. The molecule has 0 aromatic carbocycles. The molecule has 10 heteroatoms. The van der Waals surface area contributed by atoms with Crippen LogP contribution in [0.3, 0.4) is 0 Å². The van der Waals surface area contributed by atoms with Crippen molar-refractivity contribution in [2.45, 2.75) is 365 Å². The molecule has 0 bridgehead atoms. The largest absolute Gasteiger partial charge is 0.394 e. The van der Waals surface area contributed by atoms with Gasteiger partial charge in [0.05, 0.1) is 25.4 Å². The summed E-state index contributed by atoms with van der Waals surface area (Å²) in [5, 5.41) is 65.2. The highest BCUT2D eigenvalue weighted by atomic mass is 16.7. The summed E-state index contributed by atoms with van der Waals surface area (Å²) in [6.45, 7) is 3.71. The van der Waals surface area contributed by atoms with Gasteiger partial charge in [0.2, 0.25) is 5.91 Å². The minimum absolute atomic E-state index is 0.251. The van der Waals surface area contributed by atoms with Crippen molar-refractivity contribution < 1.29 is 44.9 Å². The molecule has 7 N–H and O–H groups in total. The van der Waals surface area contributed by atoms with Crippen molar-refractivity contribution in [1.82, 2.24) is 5.32 Å². The third-order valence-electron chi connectivity index (χ3n) is 15.5. The molecule has 0 aromatic heterocycles. The molecule has 428 valence electrons. The van der Waals surface area contributed by atoms with Crippen molar-refractivity contribution >= 4 is 5.91 Å². The highest BCUT2D eigenvalue weighted by molar-refractivity contribution is 5.80. The van der Waals surface area contributed by atoms with E-state index in [0.29, 0.717) is 12.8 Å². The molecule has 0 spiro atoms. The predicted molar refractivity (Wildman–Crippen MR) is 301 cm³/mol. The number of hydrogen-bond acceptors (Lipinski definition) is 9. The van der Waals surface area contributed by atoms with Crippen molar-refractivity contribution in [3.8, 4) is 0 Å². The zero-order valence-corrected chi connectivity index (χ0v) is 47.3. The first-order valence-corrected chi connectivity index (χ1v) is 31.5. The lowest BCUT2D eigenvalue weighted by Gasteiger charge is -2.40. The fraction of sp³-hybridized carbons (Fsp3) is 0.952. The van der Waals surface area contributed by atoms with Crippen LogP contribution in [0.15, 0.2) is 12.2 Å². The number of nitrogens with one attached hydrogen (secondary N) is 1. The molecule has 1 aliphatic heterocycles. The maximum Gasteiger partial charge on any atom is 0.249 e. The van der Waals surface area contributed by atoms with Crippen molar-refractivity contribution in [2.75, 3.05) is 13.2 Å². The Morgan fingerprint density at radius 1 is 0.458 bits per heavy atom. The highest BCUT2D eigenvalue weighted by Gasteiger charge is 2.44. The number of aliphatic hydroxyl groups is 6. The van der Waals surface area contributed by atoms with Crippen LogP contribution in [0, 0.1) is 0 Å². The first-order chi connectivity index (χ1) is 35.3. The van der Waals surface area contributed by atoms with Crippen molar-refractivity contribution in [1.29, 1.82) is 0 Å². The second kappa shape index (κ2) is 52.0. The number of unbranched alkanes of at least 4 members (excludes halogenated alkanes) is 42. The average molecular weight is 1020 g/mol. The molecule has 1 aliphatic rings. The maximum absolute atomic E-state index is 13.1. The average Bonchev–Trinajstić information content (AvgIpc) is 3.38. The maximum atomic E-state index is 13.1. The Morgan fingerprint density at radius 3 is 1.12 bits per heavy atom. The molecule has 0 aromatic rings. The fourth-order valence-corrected chi connectivity index (χ4v) is 10.4. The van der Waals surface area contributed by atoms with Crippen LogP contribution in [0.2, 0.25) is 0 Å². The normalized spacial score (nSPS) is 19.6. The summed E-state index contributed by atoms with van der Waals surface area (Å²) in [5.74, 6) is -0.578. The van der Waals surface area contributed by atoms with E-state index in [-0.39, 0.29) is 6.61 Å². The van der Waals surface area contributed by atoms with E-state index in [4.69, 9.17) is 9.47 Å². The summed E-state index contributed by atoms with van der Waals surface area (Å²) in [6, 6.07) is -0.891. The molecule has 0 aliphatic carbocycles. The molecule has 1 rings (SSSR count). The van der Waals surface area contributed by atoms with E-state index in [2.05, 4.69) is 31.3 Å². The number of carbonyl (C=O) groups is 1. The standard InChI is InChI=1S/C62H121NO9/c1-3-5-7-9-11-13-15-17-18-19-20-21-22-23-24-25-26-27-28-29-30-31-32-33-34-35-36-37-39-41-43-45-47-49-51-56(66)61(70)63-54(53-71-62-60(69)59(68)58(67)57(52-64)72-62)55(65)50-48-46-44-42-40-38-16-14-12-10-8-6-4-2/h25-26,54-60,62,64-69H,3-24,27-53H2,1-2H3,(H,63,70)/b26-25-. The molecule has 1 heterocycles. The van der Waals surface area contributed by atoms with Crippen LogP contribution in [-0.2, 0) is 14.3 Å². The third-order valence-corrected chi connectivity index (χ3v) is 15.5. The van der Waals surface area contributed by atoms with Gasteiger partial charge < -0.3 is 45.4 Å². The van der Waals surface area contributed by atoms with Crippen LogP contribution >= 0.6 is 0 Å². The number of aliphatic hydroxyl groups excluding tert-OH is 6. The van der Waals surface area contributed by atoms with Crippen molar-refractivity contribution in [3.63, 3.8) is 0 Å². The highest BCUT2D eigenvalue weighted by Crippen LogP contribution is 2.24. The molecule has 72 heavy (non-hydrogen) atoms. The Morgan fingerprint density at radius 2 is 0.778 bits per heavy atom. The first kappa shape index (κ1) is 68.9. The fourth-order valence-electron chi connectivity index (χ4n) is 10.4. The monoisotopic (exact) mass is 1020 g/mol. The van der Waals surface area contributed by atoms with Crippen LogP contribution < -0.4 is 5.32 Å². The van der Waals surface area contributed by atoms with Crippen molar-refractivity contribution in [2.24, 2.45) is 0 Å². The number of carbonyl (C=O) groups excluding carboxylic acids is 1. The van der Waals surface area contributed by atoms with Gasteiger partial charge in [0.15, 0.2) is 6.29 Å². The van der Waals surface area contributed by atoms with E-state index in [9.17, 15) is 35.4 Å². The second-order valence-electron chi connectivity index (χ2n) is 22.4. The summed E-state index contributed by atoms with van der Waals surface area (Å²) < 4.78 is 11.2. The minimum atomic E-state index is -1.59. The molecular weight excluding hydrogens is 903 g/mol. The summed E-state index contributed by atoms with van der Waals surface area (Å²) in [6.07, 6.45) is 54.5. The van der Waals surface area contributed by atoms with E-state index >= 15 is 0 Å². The number of hydrogen-bond donors (Lipinski definition) is 7. The Kier molecular flexibility index (Phi) is 49.7. The lowest BCUT2D eigenvalue weighted by molar-refractivity contribution is -0.302. The number of allylic oxidation sites excluding steroid dienone is 2. The van der Waals surface area contributed by atoms with Crippen molar-refractivity contribution in [3.05, 3.63) is 12.2 Å². The van der Waals surface area contributed by atoms with Crippen LogP contribution in [0.5, 0.6) is 0 Å². The topological polar surface area (TPSA) is 169 Å². The quantitative estimate of drug-likeness (QED) is 0.0232. The predicted octanol–water partition coefficient (Wildman–Crippen LogP) is 14.9. The van der Waals surface area contributed by atoms with E-state index in [0.717, 1.165) is 44.9 Å². The van der Waals surface area contributed by atoms with Gasteiger partial charge in [-0.25, -0.2) is 0 Å². The van der Waals surface area contributed by atoms with E-state index < -0.39 is 61.5 Å². The molecule has 1 fully saturated rings. The molecule has 0 radical (unpaired) electrons. The van der Waals surface area contributed by atoms with Gasteiger partial charge in [-0.1, -0.05) is 289 Å². The third kappa shape index (κ3) is 40.2. The number of rotatable bonds is 55. The van der Waals surface area contributed by atoms with Gasteiger partial charge in [-0.15, -0.1) is 0 Å². The first-order valence-electron chi connectivity index (χ1n) is 31.5. The van der Waals surface area contributed by atoms with Crippen LogP contribution in [0.25, 0.3) is 0 Å². The lowest BCUT2D eigenvalue weighted by Crippen LogP contribution is -2.60. The molecule has 1 saturated heterocycles. The summed E-state index contributed by atoms with van der Waals surface area (Å²) >= 11 is 0. The summed E-state index contributed by atoms with van der Waals surface area (Å²) in [5.41, 5.74) is 0. The summed E-state index contributed by atoms with van der Waals surface area (Å²) in [7, 11) is 0. The van der Waals surface area contributed by atoms with E-state index in [1.54, 1.807) is 0 Å². The second-order valence-corrected chi connectivity index (χ2v) is 22.4. The molecule has 1 amide bonds. The van der Waals surface area contributed by atoms with Gasteiger partial charge in [0.25, 0.3) is 0 Å². The SMILES string of the molecule is CCCCCCCCCCCCCCCC/C=C\CCCCCCCCCCCCCCCCCCC(O)C(=O)NC(COC1OC(CO)C(O)C(O)C1O)C(O)CCCCCCCCCCCCCCC. The Bertz CT molecular complexity index is 1160. The molecule has 0 saturated carbocycles. The van der Waals surface area contributed by atoms with E-state index in [1.165, 1.54) is 244 Å². The number of amides is 1. The molecular formula is C62H121NO9. The van der Waals surface area contributed by atoms with Gasteiger partial charge in [0.1, 0.15) is 30.5 Å². The van der Waals surface area contributed by atoms with Gasteiger partial charge in [-0.05, 0) is 38.5 Å². The zero-order chi connectivity index (χ0) is 52.4. The van der Waals surface area contributed by atoms with Gasteiger partial charge in [-0.3, -0.25) is 4.79 Å². The Hall–Kier alpha value is -1.11. The van der Waals surface area contributed by atoms with Crippen LogP contribution in [-0.4, -0.2) is 98.7 Å². The Labute approximate surface area is 444 Å². The Balaban J connectivity index is 2.09. The number of ether oxygens (including phenoxy) is 2. The van der Waals surface area contributed by atoms with E-state index in [1.807, 2.05) is 0 Å². The molecule has 8 atom stereocenters. The minimum Gasteiger partial charge on any atom is -0.394 e. The van der Waals surface area contributed by atoms with Crippen LogP contribution in [0.1, 0.15) is 316 Å². The van der Waals surface area contributed by atoms with Gasteiger partial charge in [0, 0.05) is 0 Å². The molecule has 10 nitrogen and oxygen atoms in total. The van der Waals surface area contributed by atoms with Gasteiger partial charge in [-0.2, -0.15) is 0 Å². The summed E-state index contributed by atoms with van der Waals surface area (Å²) in [4.78, 5) is 13.1. The smallest absolute Gasteiger partial charge is 0.249 e. The lowest BCUT2D eigenvalue weighted by atomic mass is 9.99.